The van der Waals surface area contributed by atoms with Gasteiger partial charge in [0.25, 0.3) is 0 Å². The first-order valence-electron chi connectivity index (χ1n) is 7.05. The highest BCUT2D eigenvalue weighted by atomic mass is 32.2. The van der Waals surface area contributed by atoms with E-state index in [-0.39, 0.29) is 16.4 Å². The third-order valence-electron chi connectivity index (χ3n) is 3.56. The quantitative estimate of drug-likeness (QED) is 0.689. The fraction of sp³-hybridized carbons (Fsp3) is 0.400. The maximum Gasteiger partial charge on any atom is 0.246 e. The molecule has 0 radical (unpaired) electrons. The fourth-order valence-electron chi connectivity index (χ4n) is 2.47. The van der Waals surface area contributed by atoms with Gasteiger partial charge in [0.1, 0.15) is 4.90 Å². The Kier molecular flexibility index (Phi) is 5.27. The lowest BCUT2D eigenvalue weighted by molar-refractivity contribution is -0.297. The van der Waals surface area contributed by atoms with Gasteiger partial charge >= 0.3 is 0 Å². The predicted molar refractivity (Wildman–Crippen MR) is 81.6 cm³/mol. The van der Waals surface area contributed by atoms with E-state index in [9.17, 15) is 18.3 Å². The standard InChI is InChI=1S/C15H19NO6S/c1-21-12-9-11(5-6-14(17)18)10-13(15(12)22-2)23(19,20)16-7-3-4-8-16/h5-6,9-10H,3-4,7-8H2,1-2H3,(H,17,18)/p-1/b6-5+. The molecule has 0 amide bonds. The third-order valence-corrected chi connectivity index (χ3v) is 5.47. The molecule has 0 aromatic heterocycles. The number of hydrogen-bond acceptors (Lipinski definition) is 6. The first-order valence-corrected chi connectivity index (χ1v) is 8.49. The highest BCUT2D eigenvalue weighted by Crippen LogP contribution is 2.38. The summed E-state index contributed by atoms with van der Waals surface area (Å²) in [4.78, 5) is 10.5. The topological polar surface area (TPSA) is 96.0 Å². The van der Waals surface area contributed by atoms with Crippen molar-refractivity contribution in [3.05, 3.63) is 23.8 Å². The Hall–Kier alpha value is -2.06. The molecule has 1 heterocycles. The van der Waals surface area contributed by atoms with Gasteiger partial charge in [-0.3, -0.25) is 0 Å². The van der Waals surface area contributed by atoms with Gasteiger partial charge in [-0.1, -0.05) is 6.08 Å². The number of hydrogen-bond donors (Lipinski definition) is 0. The van der Waals surface area contributed by atoms with Crippen LogP contribution in [0, 0.1) is 0 Å². The number of methoxy groups -OCH3 is 2. The second-order valence-corrected chi connectivity index (χ2v) is 6.92. The minimum absolute atomic E-state index is 0.0424. The number of rotatable bonds is 6. The van der Waals surface area contributed by atoms with Crippen molar-refractivity contribution in [2.24, 2.45) is 0 Å². The molecule has 7 nitrogen and oxygen atoms in total. The molecular formula is C15H18NO6S-. The summed E-state index contributed by atoms with van der Waals surface area (Å²) in [6.45, 7) is 0.903. The Balaban J connectivity index is 2.59. The molecule has 2 rings (SSSR count). The maximum atomic E-state index is 12.8. The first-order chi connectivity index (χ1) is 10.9. The zero-order chi connectivity index (χ0) is 17.0. The summed E-state index contributed by atoms with van der Waals surface area (Å²) < 4.78 is 37.4. The number of ether oxygens (including phenoxy) is 2. The van der Waals surface area contributed by atoms with Crippen LogP contribution >= 0.6 is 0 Å². The summed E-state index contributed by atoms with van der Waals surface area (Å²) >= 11 is 0. The lowest BCUT2D eigenvalue weighted by Crippen LogP contribution is -2.28. The van der Waals surface area contributed by atoms with Crippen LogP contribution < -0.4 is 14.6 Å². The van der Waals surface area contributed by atoms with Gasteiger partial charge in [-0.15, -0.1) is 0 Å². The van der Waals surface area contributed by atoms with Crippen LogP contribution in [0.2, 0.25) is 0 Å². The molecule has 1 aromatic carbocycles. The number of carbonyl (C=O) groups excluding carboxylic acids is 1. The Morgan fingerprint density at radius 1 is 1.22 bits per heavy atom. The molecule has 0 atom stereocenters. The SMILES string of the molecule is COc1cc(/C=C/C(=O)[O-])cc(S(=O)(=O)N2CCCC2)c1OC. The van der Waals surface area contributed by atoms with Crippen molar-refractivity contribution in [2.45, 2.75) is 17.7 Å². The molecule has 1 aromatic rings. The predicted octanol–water partition coefficient (Wildman–Crippen LogP) is 0.251. The summed E-state index contributed by atoms with van der Waals surface area (Å²) in [7, 11) is -1.000. The largest absolute Gasteiger partial charge is 0.545 e. The molecular weight excluding hydrogens is 322 g/mol. The molecule has 1 aliphatic heterocycles. The number of carbonyl (C=O) groups is 1. The van der Waals surface area contributed by atoms with Gasteiger partial charge in [-0.25, -0.2) is 8.42 Å². The summed E-state index contributed by atoms with van der Waals surface area (Å²) in [5.74, 6) is -1.06. The minimum Gasteiger partial charge on any atom is -0.545 e. The molecule has 23 heavy (non-hydrogen) atoms. The third kappa shape index (κ3) is 3.65. The fourth-order valence-corrected chi connectivity index (χ4v) is 4.19. The van der Waals surface area contributed by atoms with Gasteiger partial charge in [0.05, 0.1) is 20.2 Å². The molecule has 8 heteroatoms. The average Bonchev–Trinajstić information content (AvgIpc) is 3.06. The van der Waals surface area contributed by atoms with Gasteiger partial charge in [-0.2, -0.15) is 4.31 Å². The molecule has 0 N–H and O–H groups in total. The molecule has 1 fully saturated rings. The van der Waals surface area contributed by atoms with Crippen LogP contribution in [0.25, 0.3) is 6.08 Å². The number of benzene rings is 1. The van der Waals surface area contributed by atoms with Crippen LogP contribution in [-0.2, 0) is 14.8 Å². The van der Waals surface area contributed by atoms with Crippen molar-refractivity contribution in [3.8, 4) is 11.5 Å². The minimum atomic E-state index is -3.74. The van der Waals surface area contributed by atoms with Gasteiger partial charge in [-0.05, 0) is 36.6 Å². The summed E-state index contributed by atoms with van der Waals surface area (Å²) in [6.07, 6.45) is 3.69. The van der Waals surface area contributed by atoms with Gasteiger partial charge in [0.15, 0.2) is 11.5 Å². The van der Waals surface area contributed by atoms with Crippen LogP contribution in [0.15, 0.2) is 23.1 Å². The smallest absolute Gasteiger partial charge is 0.246 e. The zero-order valence-corrected chi connectivity index (χ0v) is 13.8. The summed E-state index contributed by atoms with van der Waals surface area (Å²) in [6, 6.07) is 2.87. The number of sulfonamides is 1. The Morgan fingerprint density at radius 3 is 2.39 bits per heavy atom. The average molecular weight is 340 g/mol. The lowest BCUT2D eigenvalue weighted by atomic mass is 10.2. The maximum absolute atomic E-state index is 12.8. The molecule has 0 bridgehead atoms. The van der Waals surface area contributed by atoms with Crippen molar-refractivity contribution < 1.29 is 27.8 Å². The number of aliphatic carboxylic acids is 1. The van der Waals surface area contributed by atoms with Crippen LogP contribution in [-0.4, -0.2) is 46.0 Å². The van der Waals surface area contributed by atoms with Crippen molar-refractivity contribution in [2.75, 3.05) is 27.3 Å². The van der Waals surface area contributed by atoms with Gasteiger partial charge in [0, 0.05) is 13.1 Å². The van der Waals surface area contributed by atoms with Crippen LogP contribution in [0.5, 0.6) is 11.5 Å². The summed E-state index contributed by atoms with van der Waals surface area (Å²) in [5, 5.41) is 10.6. The van der Waals surface area contributed by atoms with E-state index in [1.54, 1.807) is 0 Å². The molecule has 0 spiro atoms. The molecule has 1 saturated heterocycles. The van der Waals surface area contributed by atoms with E-state index in [2.05, 4.69) is 0 Å². The number of carboxylic acids is 1. The lowest BCUT2D eigenvalue weighted by Gasteiger charge is -2.19. The highest BCUT2D eigenvalue weighted by molar-refractivity contribution is 7.89. The second kappa shape index (κ2) is 7.01. The van der Waals surface area contributed by atoms with Crippen molar-refractivity contribution in [1.29, 1.82) is 0 Å². The monoisotopic (exact) mass is 340 g/mol. The number of nitrogens with zero attached hydrogens (tertiary/aromatic N) is 1. The molecule has 0 unspecified atom stereocenters. The van der Waals surface area contributed by atoms with E-state index >= 15 is 0 Å². The molecule has 1 aliphatic rings. The van der Waals surface area contributed by atoms with Crippen molar-refractivity contribution in [3.63, 3.8) is 0 Å². The van der Waals surface area contributed by atoms with Crippen LogP contribution in [0.1, 0.15) is 18.4 Å². The van der Waals surface area contributed by atoms with E-state index in [4.69, 9.17) is 9.47 Å². The van der Waals surface area contributed by atoms with Crippen molar-refractivity contribution in [1.82, 2.24) is 4.31 Å². The zero-order valence-electron chi connectivity index (χ0n) is 12.9. The van der Waals surface area contributed by atoms with E-state index in [0.717, 1.165) is 18.9 Å². The highest BCUT2D eigenvalue weighted by Gasteiger charge is 2.31. The normalized spacial score (nSPS) is 15.9. The molecule has 126 valence electrons. The molecule has 0 saturated carbocycles. The van der Waals surface area contributed by atoms with E-state index < -0.39 is 16.0 Å². The molecule has 0 aliphatic carbocycles. The summed E-state index contributed by atoms with van der Waals surface area (Å²) in [5.41, 5.74) is 0.365. The first kappa shape index (κ1) is 17.3. The Bertz CT molecular complexity index is 720. The second-order valence-electron chi connectivity index (χ2n) is 5.02. The number of carboxylic acid groups (broad SMARTS) is 1. The van der Waals surface area contributed by atoms with Crippen LogP contribution in [0.4, 0.5) is 0 Å². The Morgan fingerprint density at radius 2 is 1.87 bits per heavy atom. The Labute approximate surface area is 135 Å². The van der Waals surface area contributed by atoms with Gasteiger partial charge in [0.2, 0.25) is 10.0 Å². The van der Waals surface area contributed by atoms with E-state index in [1.807, 2.05) is 0 Å². The van der Waals surface area contributed by atoms with Gasteiger partial charge < -0.3 is 19.4 Å². The van der Waals surface area contributed by atoms with E-state index in [1.165, 1.54) is 36.7 Å². The van der Waals surface area contributed by atoms with Crippen LogP contribution in [0.3, 0.4) is 0 Å². The van der Waals surface area contributed by atoms with E-state index in [0.29, 0.717) is 18.7 Å². The van der Waals surface area contributed by atoms with Crippen molar-refractivity contribution >= 4 is 22.1 Å².